The van der Waals surface area contributed by atoms with E-state index in [1.54, 1.807) is 0 Å². The average Bonchev–Trinajstić information content (AvgIpc) is 2.53. The molecule has 1 unspecified atom stereocenters. The number of benzene rings is 2. The van der Waals surface area contributed by atoms with Gasteiger partial charge in [0.05, 0.1) is 5.41 Å². The molecule has 0 radical (unpaired) electrons. The smallest absolute Gasteiger partial charge is 0.0563 e. The van der Waals surface area contributed by atoms with Crippen LogP contribution >= 0.6 is 0 Å². The molecule has 0 heteroatoms. The Bertz CT molecular complexity index is 572. The maximum absolute atomic E-state index is 3.57. The van der Waals surface area contributed by atoms with Crippen LogP contribution in [0.2, 0.25) is 0 Å². The second-order valence-corrected chi connectivity index (χ2v) is 5.17. The highest BCUT2D eigenvalue weighted by Crippen LogP contribution is 2.32. The molecule has 0 saturated heterocycles. The van der Waals surface area contributed by atoms with Crippen LogP contribution in [0.15, 0.2) is 60.7 Å². The predicted octanol–water partition coefficient (Wildman–Crippen LogP) is 5.19. The SMILES string of the molecule is CCCC(C#Cc1ccccc1)(CC)c1ccccc1. The molecule has 0 aliphatic carbocycles. The Morgan fingerprint density at radius 3 is 2.00 bits per heavy atom. The van der Waals surface area contributed by atoms with E-state index < -0.39 is 0 Å². The summed E-state index contributed by atoms with van der Waals surface area (Å²) >= 11 is 0. The van der Waals surface area contributed by atoms with Crippen LogP contribution < -0.4 is 0 Å². The Hall–Kier alpha value is -2.00. The standard InChI is InChI=1S/C20H22/c1-3-16-20(4-2,19-13-9-6-10-14-19)17-15-18-11-7-5-8-12-18/h5-14H,3-4,16H2,1-2H3. The van der Waals surface area contributed by atoms with Crippen LogP contribution in [0, 0.1) is 11.8 Å². The summed E-state index contributed by atoms with van der Waals surface area (Å²) in [7, 11) is 0. The van der Waals surface area contributed by atoms with E-state index in [4.69, 9.17) is 0 Å². The number of hydrogen-bond acceptors (Lipinski definition) is 0. The van der Waals surface area contributed by atoms with E-state index in [0.717, 1.165) is 24.8 Å². The highest BCUT2D eigenvalue weighted by Gasteiger charge is 2.26. The molecule has 0 aliphatic rings. The van der Waals surface area contributed by atoms with Gasteiger partial charge in [0.25, 0.3) is 0 Å². The highest BCUT2D eigenvalue weighted by atomic mass is 14.3. The molecule has 0 saturated carbocycles. The van der Waals surface area contributed by atoms with Gasteiger partial charge in [-0.2, -0.15) is 0 Å². The Morgan fingerprint density at radius 2 is 1.45 bits per heavy atom. The Balaban J connectivity index is 2.41. The molecule has 1 atom stereocenters. The molecule has 2 rings (SSSR count). The average molecular weight is 262 g/mol. The van der Waals surface area contributed by atoms with Gasteiger partial charge in [0.2, 0.25) is 0 Å². The molecule has 0 spiro atoms. The lowest BCUT2D eigenvalue weighted by molar-refractivity contribution is 0.485. The van der Waals surface area contributed by atoms with Crippen LogP contribution in [0.3, 0.4) is 0 Å². The van der Waals surface area contributed by atoms with Crippen LogP contribution in [0.1, 0.15) is 44.2 Å². The monoisotopic (exact) mass is 262 g/mol. The van der Waals surface area contributed by atoms with Crippen LogP contribution in [0.4, 0.5) is 0 Å². The van der Waals surface area contributed by atoms with E-state index in [0.29, 0.717) is 0 Å². The Labute approximate surface area is 122 Å². The molecular formula is C20H22. The summed E-state index contributed by atoms with van der Waals surface area (Å²) in [5, 5.41) is 0. The molecule has 0 aliphatic heterocycles. The minimum absolute atomic E-state index is 0.0220. The predicted molar refractivity (Wildman–Crippen MR) is 86.6 cm³/mol. The van der Waals surface area contributed by atoms with E-state index >= 15 is 0 Å². The van der Waals surface area contributed by atoms with Crippen molar-refractivity contribution in [2.45, 2.75) is 38.5 Å². The van der Waals surface area contributed by atoms with Gasteiger partial charge in [0.1, 0.15) is 0 Å². The molecule has 0 amide bonds. The molecule has 102 valence electrons. The van der Waals surface area contributed by atoms with Crippen LogP contribution in [-0.2, 0) is 5.41 Å². The molecule has 0 heterocycles. The van der Waals surface area contributed by atoms with Crippen molar-refractivity contribution >= 4 is 0 Å². The maximum atomic E-state index is 3.57. The summed E-state index contributed by atoms with van der Waals surface area (Å²) in [4.78, 5) is 0. The molecule has 2 aromatic rings. The molecule has 0 fully saturated rings. The van der Waals surface area contributed by atoms with Crippen molar-refractivity contribution in [3.63, 3.8) is 0 Å². The third-order valence-corrected chi connectivity index (χ3v) is 3.83. The molecule has 0 bridgehead atoms. The minimum atomic E-state index is -0.0220. The Morgan fingerprint density at radius 1 is 0.850 bits per heavy atom. The zero-order valence-electron chi connectivity index (χ0n) is 12.4. The van der Waals surface area contributed by atoms with Gasteiger partial charge in [-0.25, -0.2) is 0 Å². The summed E-state index contributed by atoms with van der Waals surface area (Å²) < 4.78 is 0. The molecular weight excluding hydrogens is 240 g/mol. The molecule has 0 N–H and O–H groups in total. The number of hydrogen-bond donors (Lipinski definition) is 0. The van der Waals surface area contributed by atoms with Gasteiger partial charge in [-0.05, 0) is 30.5 Å². The molecule has 0 aromatic heterocycles. The lowest BCUT2D eigenvalue weighted by Gasteiger charge is -2.27. The lowest BCUT2D eigenvalue weighted by Crippen LogP contribution is -2.23. The van der Waals surface area contributed by atoms with E-state index in [9.17, 15) is 0 Å². The largest absolute Gasteiger partial charge is 0.0863 e. The van der Waals surface area contributed by atoms with Crippen molar-refractivity contribution in [3.8, 4) is 11.8 Å². The summed E-state index contributed by atoms with van der Waals surface area (Å²) in [6, 6.07) is 21.0. The zero-order chi connectivity index (χ0) is 14.3. The first kappa shape index (κ1) is 14.4. The van der Waals surface area contributed by atoms with E-state index in [1.165, 1.54) is 5.56 Å². The first-order valence-electron chi connectivity index (χ1n) is 7.44. The van der Waals surface area contributed by atoms with Gasteiger partial charge in [0.15, 0.2) is 0 Å². The van der Waals surface area contributed by atoms with E-state index in [-0.39, 0.29) is 5.41 Å². The summed E-state index contributed by atoms with van der Waals surface area (Å²) in [6.07, 6.45) is 3.30. The van der Waals surface area contributed by atoms with Gasteiger partial charge in [-0.15, -0.1) is 0 Å². The van der Waals surface area contributed by atoms with Crippen molar-refractivity contribution in [1.29, 1.82) is 0 Å². The van der Waals surface area contributed by atoms with Crippen LogP contribution in [0.5, 0.6) is 0 Å². The van der Waals surface area contributed by atoms with Gasteiger partial charge in [-0.1, -0.05) is 80.6 Å². The highest BCUT2D eigenvalue weighted by molar-refractivity contribution is 5.41. The Kier molecular flexibility index (Phi) is 5.02. The van der Waals surface area contributed by atoms with Crippen molar-refractivity contribution in [1.82, 2.24) is 0 Å². The second kappa shape index (κ2) is 6.96. The molecule has 2 aromatic carbocycles. The normalized spacial score (nSPS) is 13.1. The first-order chi connectivity index (χ1) is 9.80. The van der Waals surface area contributed by atoms with Crippen molar-refractivity contribution in [2.75, 3.05) is 0 Å². The van der Waals surface area contributed by atoms with E-state index in [2.05, 4.69) is 68.2 Å². The van der Waals surface area contributed by atoms with Crippen molar-refractivity contribution < 1.29 is 0 Å². The zero-order valence-corrected chi connectivity index (χ0v) is 12.4. The van der Waals surface area contributed by atoms with Crippen molar-refractivity contribution in [3.05, 3.63) is 71.8 Å². The quantitative estimate of drug-likeness (QED) is 0.665. The molecule has 0 nitrogen and oxygen atoms in total. The summed E-state index contributed by atoms with van der Waals surface area (Å²) in [5.74, 6) is 6.94. The number of rotatable bonds is 4. The minimum Gasteiger partial charge on any atom is -0.0863 e. The third kappa shape index (κ3) is 3.31. The first-order valence-corrected chi connectivity index (χ1v) is 7.44. The summed E-state index contributed by atoms with van der Waals surface area (Å²) in [5.41, 5.74) is 2.41. The lowest BCUT2D eigenvalue weighted by atomic mass is 9.75. The fourth-order valence-corrected chi connectivity index (χ4v) is 2.65. The van der Waals surface area contributed by atoms with Crippen molar-refractivity contribution in [2.24, 2.45) is 0 Å². The van der Waals surface area contributed by atoms with Gasteiger partial charge in [-0.3, -0.25) is 0 Å². The van der Waals surface area contributed by atoms with E-state index in [1.807, 2.05) is 18.2 Å². The second-order valence-electron chi connectivity index (χ2n) is 5.17. The maximum Gasteiger partial charge on any atom is 0.0563 e. The van der Waals surface area contributed by atoms with Gasteiger partial charge in [0, 0.05) is 5.56 Å². The van der Waals surface area contributed by atoms with Crippen LogP contribution in [-0.4, -0.2) is 0 Å². The third-order valence-electron chi connectivity index (χ3n) is 3.83. The molecule has 20 heavy (non-hydrogen) atoms. The summed E-state index contributed by atoms with van der Waals surface area (Å²) in [6.45, 7) is 4.47. The fraction of sp³-hybridized carbons (Fsp3) is 0.300. The van der Waals surface area contributed by atoms with Gasteiger partial charge < -0.3 is 0 Å². The van der Waals surface area contributed by atoms with Crippen LogP contribution in [0.25, 0.3) is 0 Å². The van der Waals surface area contributed by atoms with Gasteiger partial charge >= 0.3 is 0 Å². The fourth-order valence-electron chi connectivity index (χ4n) is 2.65. The topological polar surface area (TPSA) is 0 Å².